The highest BCUT2D eigenvalue weighted by Gasteiger charge is 2.21. The largest absolute Gasteiger partial charge is 0.378 e. The molecule has 0 saturated heterocycles. The maximum Gasteiger partial charge on any atom is 0.239 e. The van der Waals surface area contributed by atoms with E-state index in [-0.39, 0.29) is 12.0 Å². The van der Waals surface area contributed by atoms with E-state index < -0.39 is 5.54 Å². The fourth-order valence-corrected chi connectivity index (χ4v) is 1.38. The van der Waals surface area contributed by atoms with Gasteiger partial charge in [-0.3, -0.25) is 4.79 Å². The number of hydrogen-bond donors (Lipinski definition) is 2. The molecule has 1 atom stereocenters. The number of nitrogens with two attached hydrogens (primary N) is 1. The van der Waals surface area contributed by atoms with Gasteiger partial charge >= 0.3 is 0 Å². The SMILES string of the molecule is CCOC(CCNC(=O)C(C)(C)N)C(C)C. The van der Waals surface area contributed by atoms with Crippen LogP contribution in [0.1, 0.15) is 41.0 Å². The lowest BCUT2D eigenvalue weighted by molar-refractivity contribution is -0.125. The van der Waals surface area contributed by atoms with Gasteiger partial charge in [-0.2, -0.15) is 0 Å². The third-order valence-electron chi connectivity index (χ3n) is 2.42. The maximum absolute atomic E-state index is 11.5. The minimum atomic E-state index is -0.807. The van der Waals surface area contributed by atoms with Gasteiger partial charge in [-0.15, -0.1) is 0 Å². The molecule has 1 amide bonds. The van der Waals surface area contributed by atoms with Gasteiger partial charge in [0.25, 0.3) is 0 Å². The zero-order valence-electron chi connectivity index (χ0n) is 11.2. The molecular formula is C12H26N2O2. The lowest BCUT2D eigenvalue weighted by Gasteiger charge is -2.22. The molecule has 0 aromatic carbocycles. The number of nitrogens with one attached hydrogen (secondary N) is 1. The van der Waals surface area contributed by atoms with Crippen molar-refractivity contribution in [2.45, 2.75) is 52.7 Å². The van der Waals surface area contributed by atoms with E-state index in [1.54, 1.807) is 13.8 Å². The topological polar surface area (TPSA) is 64.3 Å². The molecule has 4 nitrogen and oxygen atoms in total. The predicted octanol–water partition coefficient (Wildman–Crippen LogP) is 1.29. The van der Waals surface area contributed by atoms with Crippen LogP contribution in [0.15, 0.2) is 0 Å². The van der Waals surface area contributed by atoms with E-state index in [0.29, 0.717) is 19.1 Å². The Balaban J connectivity index is 3.91. The van der Waals surface area contributed by atoms with Crippen molar-refractivity contribution in [3.05, 3.63) is 0 Å². The van der Waals surface area contributed by atoms with Crippen molar-refractivity contribution in [3.63, 3.8) is 0 Å². The van der Waals surface area contributed by atoms with Crippen LogP contribution < -0.4 is 11.1 Å². The van der Waals surface area contributed by atoms with Crippen molar-refractivity contribution < 1.29 is 9.53 Å². The van der Waals surface area contributed by atoms with Crippen molar-refractivity contribution in [3.8, 4) is 0 Å². The molecule has 4 heteroatoms. The van der Waals surface area contributed by atoms with Crippen molar-refractivity contribution >= 4 is 5.91 Å². The Morgan fingerprint density at radius 1 is 1.44 bits per heavy atom. The van der Waals surface area contributed by atoms with Crippen LogP contribution in [0.4, 0.5) is 0 Å². The molecule has 0 spiro atoms. The number of amides is 1. The number of rotatable bonds is 7. The molecular weight excluding hydrogens is 204 g/mol. The van der Waals surface area contributed by atoms with Gasteiger partial charge < -0.3 is 15.8 Å². The average Bonchev–Trinajstić information content (AvgIpc) is 2.14. The Hall–Kier alpha value is -0.610. The zero-order chi connectivity index (χ0) is 12.8. The molecule has 0 radical (unpaired) electrons. The summed E-state index contributed by atoms with van der Waals surface area (Å²) in [6.45, 7) is 10.9. The van der Waals surface area contributed by atoms with Gasteiger partial charge in [-0.05, 0) is 33.1 Å². The van der Waals surface area contributed by atoms with Crippen LogP contribution in [0.3, 0.4) is 0 Å². The standard InChI is InChI=1S/C12H26N2O2/c1-6-16-10(9(2)3)7-8-14-11(15)12(4,5)13/h9-10H,6-8,13H2,1-5H3,(H,14,15). The Kier molecular flexibility index (Phi) is 6.60. The number of ether oxygens (including phenoxy) is 1. The summed E-state index contributed by atoms with van der Waals surface area (Å²) in [5.74, 6) is 0.342. The third-order valence-corrected chi connectivity index (χ3v) is 2.42. The van der Waals surface area contributed by atoms with E-state index in [4.69, 9.17) is 10.5 Å². The summed E-state index contributed by atoms with van der Waals surface area (Å²) in [5.41, 5.74) is 4.86. The first-order valence-electron chi connectivity index (χ1n) is 5.97. The van der Waals surface area contributed by atoms with Crippen LogP contribution >= 0.6 is 0 Å². The molecule has 0 heterocycles. The molecule has 3 N–H and O–H groups in total. The van der Waals surface area contributed by atoms with Crippen LogP contribution in [-0.2, 0) is 9.53 Å². The highest BCUT2D eigenvalue weighted by molar-refractivity contribution is 5.84. The zero-order valence-corrected chi connectivity index (χ0v) is 11.2. The predicted molar refractivity (Wildman–Crippen MR) is 66.1 cm³/mol. The van der Waals surface area contributed by atoms with E-state index in [1.165, 1.54) is 0 Å². The summed E-state index contributed by atoms with van der Waals surface area (Å²) < 4.78 is 5.59. The van der Waals surface area contributed by atoms with Crippen molar-refractivity contribution in [1.82, 2.24) is 5.32 Å². The summed E-state index contributed by atoms with van der Waals surface area (Å²) in [5, 5.41) is 2.82. The van der Waals surface area contributed by atoms with Gasteiger partial charge in [0.15, 0.2) is 0 Å². The first-order chi connectivity index (χ1) is 7.29. The number of carbonyl (C=O) groups excluding carboxylic acids is 1. The molecule has 0 aliphatic carbocycles. The Morgan fingerprint density at radius 2 is 2.00 bits per heavy atom. The lowest BCUT2D eigenvalue weighted by Crippen LogP contribution is -2.49. The van der Waals surface area contributed by atoms with Gasteiger partial charge in [-0.1, -0.05) is 13.8 Å². The van der Waals surface area contributed by atoms with Gasteiger partial charge in [0, 0.05) is 13.2 Å². The number of hydrogen-bond acceptors (Lipinski definition) is 3. The minimum absolute atomic E-state index is 0.119. The highest BCUT2D eigenvalue weighted by Crippen LogP contribution is 2.10. The lowest BCUT2D eigenvalue weighted by atomic mass is 10.0. The molecule has 0 bridgehead atoms. The van der Waals surface area contributed by atoms with Crippen LogP contribution in [0.5, 0.6) is 0 Å². The fourth-order valence-electron chi connectivity index (χ4n) is 1.38. The second-order valence-corrected chi connectivity index (χ2v) is 5.00. The smallest absolute Gasteiger partial charge is 0.239 e. The maximum atomic E-state index is 11.5. The summed E-state index contributed by atoms with van der Waals surface area (Å²) in [4.78, 5) is 11.5. The minimum Gasteiger partial charge on any atom is -0.378 e. The summed E-state index contributed by atoms with van der Waals surface area (Å²) >= 11 is 0. The summed E-state index contributed by atoms with van der Waals surface area (Å²) in [6.07, 6.45) is 1.03. The van der Waals surface area contributed by atoms with Gasteiger partial charge in [0.2, 0.25) is 5.91 Å². The first-order valence-corrected chi connectivity index (χ1v) is 5.97. The molecule has 0 aliphatic heterocycles. The van der Waals surface area contributed by atoms with Crippen molar-refractivity contribution in [2.24, 2.45) is 11.7 Å². The molecule has 0 saturated carbocycles. The molecule has 0 aliphatic rings. The average molecular weight is 230 g/mol. The third kappa shape index (κ3) is 6.08. The van der Waals surface area contributed by atoms with Crippen LogP contribution in [0, 0.1) is 5.92 Å². The highest BCUT2D eigenvalue weighted by atomic mass is 16.5. The van der Waals surface area contributed by atoms with Crippen LogP contribution in [0.2, 0.25) is 0 Å². The van der Waals surface area contributed by atoms with Crippen molar-refractivity contribution in [1.29, 1.82) is 0 Å². The Morgan fingerprint density at radius 3 is 2.38 bits per heavy atom. The molecule has 0 aromatic rings. The first kappa shape index (κ1) is 15.4. The summed E-state index contributed by atoms with van der Waals surface area (Å²) in [6, 6.07) is 0. The normalized spacial score (nSPS) is 13.9. The van der Waals surface area contributed by atoms with Crippen molar-refractivity contribution in [2.75, 3.05) is 13.2 Å². The second kappa shape index (κ2) is 6.86. The van der Waals surface area contributed by atoms with Gasteiger partial charge in [0.05, 0.1) is 11.6 Å². The summed E-state index contributed by atoms with van der Waals surface area (Å²) in [7, 11) is 0. The fraction of sp³-hybridized carbons (Fsp3) is 0.917. The molecule has 96 valence electrons. The van der Waals surface area contributed by atoms with E-state index in [0.717, 1.165) is 6.42 Å². The molecule has 0 rings (SSSR count). The monoisotopic (exact) mass is 230 g/mol. The van der Waals surface area contributed by atoms with E-state index in [2.05, 4.69) is 19.2 Å². The van der Waals surface area contributed by atoms with E-state index >= 15 is 0 Å². The second-order valence-electron chi connectivity index (χ2n) is 5.00. The van der Waals surface area contributed by atoms with Gasteiger partial charge in [-0.25, -0.2) is 0 Å². The van der Waals surface area contributed by atoms with E-state index in [1.807, 2.05) is 6.92 Å². The molecule has 1 unspecified atom stereocenters. The quantitative estimate of drug-likeness (QED) is 0.692. The van der Waals surface area contributed by atoms with E-state index in [9.17, 15) is 4.79 Å². The molecule has 16 heavy (non-hydrogen) atoms. The van der Waals surface area contributed by atoms with Crippen LogP contribution in [-0.4, -0.2) is 30.7 Å². The Bertz CT molecular complexity index is 210. The number of carbonyl (C=O) groups is 1. The van der Waals surface area contributed by atoms with Crippen LogP contribution in [0.25, 0.3) is 0 Å². The molecule has 0 fully saturated rings. The van der Waals surface area contributed by atoms with Gasteiger partial charge in [0.1, 0.15) is 0 Å². The molecule has 0 aromatic heterocycles. The Labute approximate surface area is 98.9 Å².